The van der Waals surface area contributed by atoms with Gasteiger partial charge in [0.2, 0.25) is 11.8 Å². The van der Waals surface area contributed by atoms with Gasteiger partial charge < -0.3 is 15.0 Å². The van der Waals surface area contributed by atoms with E-state index in [1.54, 1.807) is 23.1 Å². The van der Waals surface area contributed by atoms with E-state index in [1.165, 1.54) is 13.2 Å². The van der Waals surface area contributed by atoms with Crippen molar-refractivity contribution in [1.82, 2.24) is 15.1 Å². The summed E-state index contributed by atoms with van der Waals surface area (Å²) in [5, 5.41) is 2.79. The maximum atomic E-state index is 14.0. The Kier molecular flexibility index (Phi) is 6.61. The third-order valence-electron chi connectivity index (χ3n) is 5.52. The number of carbonyl (C=O) groups excluding carboxylic acids is 3. The second kappa shape index (κ2) is 9.14. The Morgan fingerprint density at radius 2 is 1.93 bits per heavy atom. The van der Waals surface area contributed by atoms with E-state index in [1.807, 2.05) is 4.90 Å². The molecule has 1 aromatic carbocycles. The molecule has 1 aromatic rings. The Balaban J connectivity index is 1.61. The fourth-order valence-electron chi connectivity index (χ4n) is 3.84. The van der Waals surface area contributed by atoms with Crippen LogP contribution in [0.15, 0.2) is 24.3 Å². The monoisotopic (exact) mass is 391 g/mol. The molecular formula is C20H26FN3O4. The van der Waals surface area contributed by atoms with Gasteiger partial charge in [-0.1, -0.05) is 18.2 Å². The molecule has 2 aliphatic rings. The van der Waals surface area contributed by atoms with Gasteiger partial charge in [-0.3, -0.25) is 19.3 Å². The Morgan fingerprint density at radius 3 is 2.61 bits per heavy atom. The minimum absolute atomic E-state index is 0.0448. The number of nitrogens with one attached hydrogen (secondary N) is 1. The van der Waals surface area contributed by atoms with Gasteiger partial charge in [0.1, 0.15) is 5.82 Å². The highest BCUT2D eigenvalue weighted by molar-refractivity contribution is 5.89. The molecule has 0 aliphatic carbocycles. The molecule has 2 heterocycles. The van der Waals surface area contributed by atoms with Gasteiger partial charge in [0.25, 0.3) is 0 Å². The maximum absolute atomic E-state index is 14.0. The molecule has 3 rings (SSSR count). The molecule has 0 spiro atoms. The Hall–Kier alpha value is -2.48. The lowest BCUT2D eigenvalue weighted by atomic mass is 9.96. The van der Waals surface area contributed by atoms with Crippen molar-refractivity contribution in [2.75, 3.05) is 33.3 Å². The molecule has 2 amide bonds. The maximum Gasteiger partial charge on any atom is 0.308 e. The molecule has 0 radical (unpaired) electrons. The first-order valence-corrected chi connectivity index (χ1v) is 9.60. The van der Waals surface area contributed by atoms with E-state index in [0.29, 0.717) is 44.6 Å². The number of likely N-dealkylation sites (tertiary alicyclic amines) is 1. The SMILES string of the molecule is COC(=O)C1CCN(C(=O)CC2C(=O)NCCN2Cc2ccccc2F)CC1. The van der Waals surface area contributed by atoms with Gasteiger partial charge in [-0.2, -0.15) is 0 Å². The summed E-state index contributed by atoms with van der Waals surface area (Å²) < 4.78 is 18.8. The van der Waals surface area contributed by atoms with E-state index in [0.717, 1.165) is 0 Å². The summed E-state index contributed by atoms with van der Waals surface area (Å²) in [6.07, 6.45) is 1.17. The number of methoxy groups -OCH3 is 1. The number of carbonyl (C=O) groups is 3. The summed E-state index contributed by atoms with van der Waals surface area (Å²) in [7, 11) is 1.37. The molecule has 1 atom stereocenters. The normalized spacial score (nSPS) is 21.3. The lowest BCUT2D eigenvalue weighted by molar-refractivity contribution is -0.149. The molecule has 2 aliphatic heterocycles. The second-order valence-electron chi connectivity index (χ2n) is 7.25. The fraction of sp³-hybridized carbons (Fsp3) is 0.550. The van der Waals surface area contributed by atoms with Crippen LogP contribution >= 0.6 is 0 Å². The molecule has 1 unspecified atom stereocenters. The van der Waals surface area contributed by atoms with Gasteiger partial charge in [0.15, 0.2) is 0 Å². The highest BCUT2D eigenvalue weighted by Gasteiger charge is 2.35. The summed E-state index contributed by atoms with van der Waals surface area (Å²) in [4.78, 5) is 40.3. The standard InChI is InChI=1S/C20H26FN3O4/c1-28-20(27)14-6-9-23(10-7-14)18(25)12-17-19(26)22-8-11-24(17)13-15-4-2-3-5-16(15)21/h2-5,14,17H,6-13H2,1H3,(H,22,26). The minimum Gasteiger partial charge on any atom is -0.469 e. The topological polar surface area (TPSA) is 78.9 Å². The Morgan fingerprint density at radius 1 is 1.21 bits per heavy atom. The number of hydrogen-bond donors (Lipinski definition) is 1. The number of esters is 1. The van der Waals surface area contributed by atoms with Crippen LogP contribution in [0.5, 0.6) is 0 Å². The van der Waals surface area contributed by atoms with Crippen molar-refractivity contribution in [1.29, 1.82) is 0 Å². The first kappa shape index (κ1) is 20.3. The van der Waals surface area contributed by atoms with Crippen LogP contribution in [0.4, 0.5) is 4.39 Å². The van der Waals surface area contributed by atoms with Crippen molar-refractivity contribution in [2.24, 2.45) is 5.92 Å². The third-order valence-corrected chi connectivity index (χ3v) is 5.52. The van der Waals surface area contributed by atoms with E-state index in [2.05, 4.69) is 5.32 Å². The van der Waals surface area contributed by atoms with Crippen LogP contribution in [-0.2, 0) is 25.7 Å². The van der Waals surface area contributed by atoms with Crippen molar-refractivity contribution < 1.29 is 23.5 Å². The highest BCUT2D eigenvalue weighted by atomic mass is 19.1. The van der Waals surface area contributed by atoms with Gasteiger partial charge >= 0.3 is 5.97 Å². The number of hydrogen-bond acceptors (Lipinski definition) is 5. The van der Waals surface area contributed by atoms with Crippen molar-refractivity contribution in [3.63, 3.8) is 0 Å². The lowest BCUT2D eigenvalue weighted by Gasteiger charge is -2.37. The number of amides is 2. The summed E-state index contributed by atoms with van der Waals surface area (Å²) in [5.74, 6) is -1.06. The molecule has 7 nitrogen and oxygen atoms in total. The fourth-order valence-corrected chi connectivity index (χ4v) is 3.84. The van der Waals surface area contributed by atoms with Crippen LogP contribution in [0.2, 0.25) is 0 Å². The zero-order valence-electron chi connectivity index (χ0n) is 16.0. The second-order valence-corrected chi connectivity index (χ2v) is 7.25. The van der Waals surface area contributed by atoms with E-state index in [9.17, 15) is 18.8 Å². The van der Waals surface area contributed by atoms with E-state index >= 15 is 0 Å². The molecule has 152 valence electrons. The molecule has 1 N–H and O–H groups in total. The minimum atomic E-state index is -0.626. The first-order valence-electron chi connectivity index (χ1n) is 9.60. The Labute approximate surface area is 163 Å². The van der Waals surface area contributed by atoms with Crippen LogP contribution in [0.3, 0.4) is 0 Å². The first-order chi connectivity index (χ1) is 13.5. The zero-order chi connectivity index (χ0) is 20.1. The molecule has 28 heavy (non-hydrogen) atoms. The number of ether oxygens (including phenoxy) is 1. The zero-order valence-corrected chi connectivity index (χ0v) is 16.0. The molecule has 2 saturated heterocycles. The quantitative estimate of drug-likeness (QED) is 0.756. The largest absolute Gasteiger partial charge is 0.469 e. The van der Waals surface area contributed by atoms with Crippen LogP contribution in [0.1, 0.15) is 24.8 Å². The molecule has 0 saturated carbocycles. The molecule has 0 aromatic heterocycles. The summed E-state index contributed by atoms with van der Waals surface area (Å²) in [5.41, 5.74) is 0.508. The van der Waals surface area contributed by atoms with Gasteiger partial charge in [-0.05, 0) is 18.9 Å². The number of rotatable bonds is 5. The van der Waals surface area contributed by atoms with Crippen LogP contribution in [-0.4, -0.2) is 66.9 Å². The van der Waals surface area contributed by atoms with E-state index < -0.39 is 6.04 Å². The summed E-state index contributed by atoms with van der Waals surface area (Å²) >= 11 is 0. The lowest BCUT2D eigenvalue weighted by Crippen LogP contribution is -2.56. The Bertz CT molecular complexity index is 734. The van der Waals surface area contributed by atoms with E-state index in [-0.39, 0.29) is 42.5 Å². The number of piperidine rings is 1. The predicted molar refractivity (Wildman–Crippen MR) is 99.5 cm³/mol. The predicted octanol–water partition coefficient (Wildman–Crippen LogP) is 0.928. The molecular weight excluding hydrogens is 365 g/mol. The van der Waals surface area contributed by atoms with Crippen molar-refractivity contribution in [3.8, 4) is 0 Å². The smallest absolute Gasteiger partial charge is 0.308 e. The number of piperazine rings is 1. The molecule has 0 bridgehead atoms. The number of benzene rings is 1. The summed E-state index contributed by atoms with van der Waals surface area (Å²) in [6.45, 7) is 2.26. The third kappa shape index (κ3) is 4.67. The highest BCUT2D eigenvalue weighted by Crippen LogP contribution is 2.21. The van der Waals surface area contributed by atoms with Gasteiger partial charge in [-0.25, -0.2) is 4.39 Å². The molecule has 8 heteroatoms. The average Bonchev–Trinajstić information content (AvgIpc) is 2.71. The van der Waals surface area contributed by atoms with Gasteiger partial charge in [-0.15, -0.1) is 0 Å². The average molecular weight is 391 g/mol. The summed E-state index contributed by atoms with van der Waals surface area (Å²) in [6, 6.07) is 5.84. The van der Waals surface area contributed by atoms with Gasteiger partial charge in [0, 0.05) is 38.3 Å². The number of nitrogens with zero attached hydrogens (tertiary/aromatic N) is 2. The molecule has 2 fully saturated rings. The van der Waals surface area contributed by atoms with Gasteiger partial charge in [0.05, 0.1) is 25.5 Å². The van der Waals surface area contributed by atoms with E-state index in [4.69, 9.17) is 4.74 Å². The van der Waals surface area contributed by atoms with Crippen molar-refractivity contribution in [2.45, 2.75) is 31.8 Å². The number of halogens is 1. The van der Waals surface area contributed by atoms with Crippen LogP contribution in [0, 0.1) is 11.7 Å². The van der Waals surface area contributed by atoms with Crippen LogP contribution < -0.4 is 5.32 Å². The van der Waals surface area contributed by atoms with Crippen molar-refractivity contribution >= 4 is 17.8 Å². The van der Waals surface area contributed by atoms with Crippen molar-refractivity contribution in [3.05, 3.63) is 35.6 Å². The van der Waals surface area contributed by atoms with Crippen LogP contribution in [0.25, 0.3) is 0 Å².